The third-order valence-electron chi connectivity index (χ3n) is 3.89. The number of carbonyl (C=O) groups excluding carboxylic acids is 2. The first-order chi connectivity index (χ1) is 12.0. The van der Waals surface area contributed by atoms with Crippen LogP contribution in [0.25, 0.3) is 0 Å². The first-order valence-corrected chi connectivity index (χ1v) is 8.08. The van der Waals surface area contributed by atoms with Gasteiger partial charge < -0.3 is 16.4 Å². The van der Waals surface area contributed by atoms with Gasteiger partial charge in [-0.1, -0.05) is 36.4 Å². The second-order valence-corrected chi connectivity index (χ2v) is 5.85. The maximum atomic E-state index is 13.1. The SMILES string of the molecule is Cc1ccccc1C(CC(=O)NCCc1cccc(F)c1)NC(N)=O. The summed E-state index contributed by atoms with van der Waals surface area (Å²) in [4.78, 5) is 23.5. The molecule has 0 radical (unpaired) electrons. The van der Waals surface area contributed by atoms with Gasteiger partial charge in [0.2, 0.25) is 5.91 Å². The molecule has 0 saturated carbocycles. The zero-order valence-corrected chi connectivity index (χ0v) is 14.1. The highest BCUT2D eigenvalue weighted by molar-refractivity contribution is 5.78. The average Bonchev–Trinajstić information content (AvgIpc) is 2.54. The lowest BCUT2D eigenvalue weighted by Gasteiger charge is -2.19. The third kappa shape index (κ3) is 5.91. The van der Waals surface area contributed by atoms with E-state index in [2.05, 4.69) is 10.6 Å². The number of primary amides is 1. The molecule has 0 aliphatic carbocycles. The van der Waals surface area contributed by atoms with Crippen LogP contribution in [0.3, 0.4) is 0 Å². The van der Waals surface area contributed by atoms with Gasteiger partial charge in [-0.3, -0.25) is 4.79 Å². The molecule has 1 atom stereocenters. The molecule has 0 aliphatic rings. The maximum Gasteiger partial charge on any atom is 0.312 e. The van der Waals surface area contributed by atoms with Crippen LogP contribution in [0.4, 0.5) is 9.18 Å². The summed E-state index contributed by atoms with van der Waals surface area (Å²) in [7, 11) is 0. The molecule has 6 heteroatoms. The Morgan fingerprint density at radius 3 is 2.60 bits per heavy atom. The van der Waals surface area contributed by atoms with Gasteiger partial charge in [0.25, 0.3) is 0 Å². The number of hydrogen-bond donors (Lipinski definition) is 3. The van der Waals surface area contributed by atoms with E-state index in [9.17, 15) is 14.0 Å². The number of hydrogen-bond acceptors (Lipinski definition) is 2. The van der Waals surface area contributed by atoms with Crippen molar-refractivity contribution < 1.29 is 14.0 Å². The summed E-state index contributed by atoms with van der Waals surface area (Å²) >= 11 is 0. The van der Waals surface area contributed by atoms with Gasteiger partial charge in [-0.25, -0.2) is 9.18 Å². The van der Waals surface area contributed by atoms with E-state index in [0.29, 0.717) is 13.0 Å². The Bertz CT molecular complexity index is 749. The summed E-state index contributed by atoms with van der Waals surface area (Å²) in [6.07, 6.45) is 0.610. The molecular weight excluding hydrogens is 321 g/mol. The molecule has 132 valence electrons. The Balaban J connectivity index is 1.93. The Labute approximate surface area is 146 Å². The summed E-state index contributed by atoms with van der Waals surface area (Å²) in [5.41, 5.74) is 7.86. The fraction of sp³-hybridized carbons (Fsp3) is 0.263. The molecule has 0 heterocycles. The number of halogens is 1. The first-order valence-electron chi connectivity index (χ1n) is 8.08. The van der Waals surface area contributed by atoms with Crippen molar-refractivity contribution in [1.82, 2.24) is 10.6 Å². The molecule has 0 fully saturated rings. The quantitative estimate of drug-likeness (QED) is 0.722. The standard InChI is InChI=1S/C19H22FN3O2/c1-13-5-2-3-8-16(13)17(23-19(21)25)12-18(24)22-10-9-14-6-4-7-15(20)11-14/h2-8,11,17H,9-10,12H2,1H3,(H,22,24)(H3,21,23,25). The van der Waals surface area contributed by atoms with Crippen LogP contribution in [0.1, 0.15) is 29.2 Å². The predicted molar refractivity (Wildman–Crippen MR) is 94.4 cm³/mol. The van der Waals surface area contributed by atoms with Crippen LogP contribution < -0.4 is 16.4 Å². The molecule has 0 bridgehead atoms. The minimum absolute atomic E-state index is 0.0803. The molecule has 25 heavy (non-hydrogen) atoms. The molecule has 5 nitrogen and oxygen atoms in total. The van der Waals surface area contributed by atoms with Gasteiger partial charge in [-0.05, 0) is 42.2 Å². The molecule has 0 aliphatic heterocycles. The minimum Gasteiger partial charge on any atom is -0.356 e. The highest BCUT2D eigenvalue weighted by Crippen LogP contribution is 2.20. The van der Waals surface area contributed by atoms with Gasteiger partial charge >= 0.3 is 6.03 Å². The number of benzene rings is 2. The molecule has 2 rings (SSSR count). The van der Waals surface area contributed by atoms with E-state index in [1.807, 2.05) is 31.2 Å². The number of amides is 3. The van der Waals surface area contributed by atoms with E-state index in [1.165, 1.54) is 12.1 Å². The topological polar surface area (TPSA) is 84.2 Å². The molecule has 0 spiro atoms. The Morgan fingerprint density at radius 1 is 1.16 bits per heavy atom. The van der Waals surface area contributed by atoms with Crippen molar-refractivity contribution in [2.75, 3.05) is 6.54 Å². The smallest absolute Gasteiger partial charge is 0.312 e. The lowest BCUT2D eigenvalue weighted by atomic mass is 9.98. The number of rotatable bonds is 7. The first kappa shape index (κ1) is 18.4. The summed E-state index contributed by atoms with van der Waals surface area (Å²) in [5.74, 6) is -0.507. The summed E-state index contributed by atoms with van der Waals surface area (Å²) in [5, 5.41) is 5.40. The van der Waals surface area contributed by atoms with Gasteiger partial charge in [-0.2, -0.15) is 0 Å². The highest BCUT2D eigenvalue weighted by atomic mass is 19.1. The molecule has 4 N–H and O–H groups in total. The average molecular weight is 343 g/mol. The van der Waals surface area contributed by atoms with Crippen LogP contribution in [0.2, 0.25) is 0 Å². The van der Waals surface area contributed by atoms with Gasteiger partial charge in [-0.15, -0.1) is 0 Å². The summed E-state index contributed by atoms with van der Waals surface area (Å²) in [6.45, 7) is 2.30. The molecule has 2 aromatic rings. The van der Waals surface area contributed by atoms with Crippen LogP contribution in [0.5, 0.6) is 0 Å². The number of urea groups is 1. The zero-order chi connectivity index (χ0) is 18.2. The normalized spacial score (nSPS) is 11.6. The van der Waals surface area contributed by atoms with Crippen molar-refractivity contribution in [3.8, 4) is 0 Å². The molecule has 3 amide bonds. The van der Waals surface area contributed by atoms with Crippen molar-refractivity contribution >= 4 is 11.9 Å². The van der Waals surface area contributed by atoms with Gasteiger partial charge in [0.15, 0.2) is 0 Å². The van der Waals surface area contributed by atoms with Crippen molar-refractivity contribution in [3.63, 3.8) is 0 Å². The lowest BCUT2D eigenvalue weighted by Crippen LogP contribution is -2.37. The molecule has 0 aromatic heterocycles. The monoisotopic (exact) mass is 343 g/mol. The minimum atomic E-state index is -0.680. The second kappa shape index (κ2) is 8.82. The van der Waals surface area contributed by atoms with Gasteiger partial charge in [0, 0.05) is 6.54 Å². The number of nitrogens with two attached hydrogens (primary N) is 1. The third-order valence-corrected chi connectivity index (χ3v) is 3.89. The molecular formula is C19H22FN3O2. The predicted octanol–water partition coefficient (Wildman–Crippen LogP) is 2.59. The van der Waals surface area contributed by atoms with Gasteiger partial charge in [0.05, 0.1) is 12.5 Å². The fourth-order valence-electron chi connectivity index (χ4n) is 2.68. The van der Waals surface area contributed by atoms with E-state index in [4.69, 9.17) is 5.73 Å². The van der Waals surface area contributed by atoms with E-state index >= 15 is 0 Å². The maximum absolute atomic E-state index is 13.1. The Morgan fingerprint density at radius 2 is 1.92 bits per heavy atom. The summed E-state index contributed by atoms with van der Waals surface area (Å²) < 4.78 is 13.1. The van der Waals surface area contributed by atoms with Crippen molar-refractivity contribution in [2.24, 2.45) is 5.73 Å². The van der Waals surface area contributed by atoms with Crippen LogP contribution in [-0.2, 0) is 11.2 Å². The van der Waals surface area contributed by atoms with Crippen LogP contribution >= 0.6 is 0 Å². The zero-order valence-electron chi connectivity index (χ0n) is 14.1. The fourth-order valence-corrected chi connectivity index (χ4v) is 2.68. The van der Waals surface area contributed by atoms with E-state index < -0.39 is 12.1 Å². The molecule has 0 saturated heterocycles. The number of carbonyl (C=O) groups is 2. The van der Waals surface area contributed by atoms with E-state index in [0.717, 1.165) is 16.7 Å². The summed E-state index contributed by atoms with van der Waals surface area (Å²) in [6, 6.07) is 12.6. The van der Waals surface area contributed by atoms with Crippen molar-refractivity contribution in [2.45, 2.75) is 25.8 Å². The molecule has 1 unspecified atom stereocenters. The largest absolute Gasteiger partial charge is 0.356 e. The Kier molecular flexibility index (Phi) is 6.51. The number of nitrogens with one attached hydrogen (secondary N) is 2. The van der Waals surface area contributed by atoms with E-state index in [1.54, 1.807) is 12.1 Å². The lowest BCUT2D eigenvalue weighted by molar-refractivity contribution is -0.121. The van der Waals surface area contributed by atoms with E-state index in [-0.39, 0.29) is 18.1 Å². The number of aryl methyl sites for hydroxylation is 1. The van der Waals surface area contributed by atoms with Crippen molar-refractivity contribution in [3.05, 3.63) is 71.0 Å². The molecule has 2 aromatic carbocycles. The Hall–Kier alpha value is -2.89. The van der Waals surface area contributed by atoms with Crippen molar-refractivity contribution in [1.29, 1.82) is 0 Å². The second-order valence-electron chi connectivity index (χ2n) is 5.85. The van der Waals surface area contributed by atoms with Crippen LogP contribution in [0.15, 0.2) is 48.5 Å². The van der Waals surface area contributed by atoms with Crippen LogP contribution in [0, 0.1) is 12.7 Å². The van der Waals surface area contributed by atoms with Crippen LogP contribution in [-0.4, -0.2) is 18.5 Å². The van der Waals surface area contributed by atoms with Gasteiger partial charge in [0.1, 0.15) is 5.82 Å². The highest BCUT2D eigenvalue weighted by Gasteiger charge is 2.18.